The van der Waals surface area contributed by atoms with Crippen LogP contribution in [0.5, 0.6) is 0 Å². The molecule has 1 aromatic heterocycles. The maximum atomic E-state index is 12.9. The van der Waals surface area contributed by atoms with Gasteiger partial charge in [0.15, 0.2) is 0 Å². The minimum atomic E-state index is -0.301. The molecule has 25 heavy (non-hydrogen) atoms. The average molecular weight is 358 g/mol. The van der Waals surface area contributed by atoms with E-state index in [0.717, 1.165) is 38.9 Å². The molecular formula is C20H24ClN3O. The van der Waals surface area contributed by atoms with Gasteiger partial charge in [-0.2, -0.15) is 0 Å². The number of aromatic nitrogens is 1. The lowest BCUT2D eigenvalue weighted by molar-refractivity contribution is 0.125. The van der Waals surface area contributed by atoms with Gasteiger partial charge in [-0.25, -0.2) is 9.78 Å². The number of halogens is 1. The highest BCUT2D eigenvalue weighted by Crippen LogP contribution is 2.35. The van der Waals surface area contributed by atoms with Crippen molar-refractivity contribution in [1.29, 1.82) is 0 Å². The monoisotopic (exact) mass is 357 g/mol. The molecule has 0 unspecified atom stereocenters. The van der Waals surface area contributed by atoms with E-state index in [9.17, 15) is 4.79 Å². The van der Waals surface area contributed by atoms with Crippen LogP contribution in [0.25, 0.3) is 0 Å². The Bertz CT molecular complexity index is 739. The van der Waals surface area contributed by atoms with Gasteiger partial charge in [-0.3, -0.25) is 0 Å². The highest BCUT2D eigenvalue weighted by Gasteiger charge is 2.41. The van der Waals surface area contributed by atoms with Crippen LogP contribution in [0.1, 0.15) is 45.2 Å². The fourth-order valence-corrected chi connectivity index (χ4v) is 3.66. The lowest BCUT2D eigenvalue weighted by Crippen LogP contribution is -2.51. The minimum Gasteiger partial charge on any atom is -0.325 e. The number of amides is 2. The first kappa shape index (κ1) is 17.8. The van der Waals surface area contributed by atoms with Crippen molar-refractivity contribution in [1.82, 2.24) is 14.8 Å². The van der Waals surface area contributed by atoms with E-state index in [1.165, 1.54) is 12.0 Å². The van der Waals surface area contributed by atoms with Gasteiger partial charge in [-0.1, -0.05) is 17.5 Å². The van der Waals surface area contributed by atoms with Gasteiger partial charge in [-0.15, -0.1) is 0 Å². The topological polar surface area (TPSA) is 36.4 Å². The number of allylic oxidation sites excluding steroid dienone is 1. The quantitative estimate of drug-likeness (QED) is 0.655. The van der Waals surface area contributed by atoms with Crippen molar-refractivity contribution in [3.05, 3.63) is 40.7 Å². The van der Waals surface area contributed by atoms with Crippen molar-refractivity contribution in [3.63, 3.8) is 0 Å². The highest BCUT2D eigenvalue weighted by molar-refractivity contribution is 6.30. The van der Waals surface area contributed by atoms with E-state index < -0.39 is 0 Å². The van der Waals surface area contributed by atoms with Crippen molar-refractivity contribution >= 4 is 17.6 Å². The van der Waals surface area contributed by atoms with Gasteiger partial charge in [0.25, 0.3) is 0 Å². The molecule has 132 valence electrons. The van der Waals surface area contributed by atoms with Crippen LogP contribution in [0.3, 0.4) is 0 Å². The molecule has 0 bridgehead atoms. The Morgan fingerprint density at radius 3 is 2.76 bits per heavy atom. The Morgan fingerprint density at radius 1 is 1.28 bits per heavy atom. The van der Waals surface area contributed by atoms with Gasteiger partial charge in [-0.05, 0) is 69.2 Å². The van der Waals surface area contributed by atoms with Crippen LogP contribution in [0.15, 0.2) is 30.0 Å². The van der Waals surface area contributed by atoms with E-state index in [1.807, 2.05) is 15.9 Å². The summed E-state index contributed by atoms with van der Waals surface area (Å²) in [5.74, 6) is 6.10. The summed E-state index contributed by atoms with van der Waals surface area (Å²) in [5, 5.41) is 0.631. The first-order chi connectivity index (χ1) is 12.0. The SMILES string of the molecule is CC1(C)/C(=C/C#Cc2cc(Cl)ccn2)CCN1C(=O)N1CCCCC1. The van der Waals surface area contributed by atoms with Crippen molar-refractivity contribution < 1.29 is 4.79 Å². The number of piperidine rings is 1. The normalized spacial score (nSPS) is 21.2. The first-order valence-electron chi connectivity index (χ1n) is 8.87. The minimum absolute atomic E-state index is 0.164. The van der Waals surface area contributed by atoms with Crippen molar-refractivity contribution in [3.8, 4) is 11.8 Å². The zero-order chi connectivity index (χ0) is 17.9. The van der Waals surface area contributed by atoms with Crippen molar-refractivity contribution in [2.45, 2.75) is 45.1 Å². The van der Waals surface area contributed by atoms with E-state index in [-0.39, 0.29) is 11.6 Å². The first-order valence-corrected chi connectivity index (χ1v) is 9.25. The van der Waals surface area contributed by atoms with Gasteiger partial charge >= 0.3 is 6.03 Å². The molecule has 2 aliphatic heterocycles. The maximum absolute atomic E-state index is 12.9. The molecule has 4 nitrogen and oxygen atoms in total. The van der Waals surface area contributed by atoms with E-state index in [0.29, 0.717) is 10.7 Å². The lowest BCUT2D eigenvalue weighted by atomic mass is 9.95. The Morgan fingerprint density at radius 2 is 2.04 bits per heavy atom. The maximum Gasteiger partial charge on any atom is 0.320 e. The molecule has 2 amide bonds. The highest BCUT2D eigenvalue weighted by atomic mass is 35.5. The fraction of sp³-hybridized carbons (Fsp3) is 0.500. The van der Waals surface area contributed by atoms with Crippen LogP contribution < -0.4 is 0 Å². The van der Waals surface area contributed by atoms with Gasteiger partial charge in [0.1, 0.15) is 5.69 Å². The van der Waals surface area contributed by atoms with E-state index in [2.05, 4.69) is 30.7 Å². The predicted molar refractivity (Wildman–Crippen MR) is 100 cm³/mol. The molecule has 0 aliphatic carbocycles. The fourth-order valence-electron chi connectivity index (χ4n) is 3.50. The second-order valence-corrected chi connectivity index (χ2v) is 7.53. The predicted octanol–water partition coefficient (Wildman–Crippen LogP) is 4.10. The van der Waals surface area contributed by atoms with Gasteiger partial charge in [0, 0.05) is 30.9 Å². The van der Waals surface area contributed by atoms with E-state index in [1.54, 1.807) is 18.3 Å². The molecule has 3 rings (SSSR count). The van der Waals surface area contributed by atoms with Gasteiger partial charge in [0.2, 0.25) is 0 Å². The summed E-state index contributed by atoms with van der Waals surface area (Å²) >= 11 is 5.95. The molecule has 3 heterocycles. The zero-order valence-corrected chi connectivity index (χ0v) is 15.6. The molecule has 1 aromatic rings. The van der Waals surface area contributed by atoms with Crippen LogP contribution in [0, 0.1) is 11.8 Å². The molecule has 2 saturated heterocycles. The second kappa shape index (κ2) is 7.49. The summed E-state index contributed by atoms with van der Waals surface area (Å²) in [7, 11) is 0. The number of pyridine rings is 1. The number of urea groups is 1. The average Bonchev–Trinajstić information content (AvgIpc) is 2.90. The number of hydrogen-bond acceptors (Lipinski definition) is 2. The lowest BCUT2D eigenvalue weighted by Gasteiger charge is -2.38. The second-order valence-electron chi connectivity index (χ2n) is 7.09. The van der Waals surface area contributed by atoms with Crippen LogP contribution in [0.2, 0.25) is 5.02 Å². The molecule has 0 spiro atoms. The standard InChI is InChI=1S/C20H24ClN3O/c1-20(2)16(7-6-8-18-15-17(21)9-11-22-18)10-14-24(20)19(25)23-12-4-3-5-13-23/h7,9,11,15H,3-5,10,12-14H2,1-2H3/b16-7+. The summed E-state index contributed by atoms with van der Waals surface area (Å²) in [5.41, 5.74) is 1.54. The third-order valence-corrected chi connectivity index (χ3v) is 5.33. The van der Waals surface area contributed by atoms with Crippen LogP contribution >= 0.6 is 11.6 Å². The number of rotatable bonds is 0. The number of nitrogens with zero attached hydrogens (tertiary/aromatic N) is 3. The van der Waals surface area contributed by atoms with Gasteiger partial charge in [0.05, 0.1) is 5.54 Å². The largest absolute Gasteiger partial charge is 0.325 e. The summed E-state index contributed by atoms with van der Waals surface area (Å²) in [4.78, 5) is 21.0. The third kappa shape index (κ3) is 3.99. The van der Waals surface area contributed by atoms with E-state index >= 15 is 0 Å². The number of hydrogen-bond donors (Lipinski definition) is 0. The molecule has 0 radical (unpaired) electrons. The Labute approximate surface area is 154 Å². The smallest absolute Gasteiger partial charge is 0.320 e. The molecule has 2 fully saturated rings. The Hall–Kier alpha value is -1.99. The number of likely N-dealkylation sites (tertiary alicyclic amines) is 2. The Balaban J connectivity index is 1.73. The van der Waals surface area contributed by atoms with Crippen LogP contribution in [-0.4, -0.2) is 46.0 Å². The molecule has 0 N–H and O–H groups in total. The summed E-state index contributed by atoms with van der Waals surface area (Å²) in [6.07, 6.45) is 7.90. The van der Waals surface area contributed by atoms with E-state index in [4.69, 9.17) is 11.6 Å². The molecule has 0 atom stereocenters. The zero-order valence-electron chi connectivity index (χ0n) is 14.9. The van der Waals surface area contributed by atoms with Crippen molar-refractivity contribution in [2.24, 2.45) is 0 Å². The Kier molecular flexibility index (Phi) is 5.34. The molecule has 2 aliphatic rings. The molecule has 0 aromatic carbocycles. The number of carbonyl (C=O) groups excluding carboxylic acids is 1. The summed E-state index contributed by atoms with van der Waals surface area (Å²) in [6.45, 7) is 6.72. The summed E-state index contributed by atoms with van der Waals surface area (Å²) in [6, 6.07) is 3.64. The molecule has 5 heteroatoms. The van der Waals surface area contributed by atoms with Crippen LogP contribution in [0.4, 0.5) is 4.79 Å². The number of carbonyl (C=O) groups is 1. The summed E-state index contributed by atoms with van der Waals surface area (Å²) < 4.78 is 0. The van der Waals surface area contributed by atoms with Crippen molar-refractivity contribution in [2.75, 3.05) is 19.6 Å². The molecular weight excluding hydrogens is 334 g/mol. The van der Waals surface area contributed by atoms with Crippen LogP contribution in [-0.2, 0) is 0 Å². The molecule has 0 saturated carbocycles. The third-order valence-electron chi connectivity index (χ3n) is 5.09. The van der Waals surface area contributed by atoms with Gasteiger partial charge < -0.3 is 9.80 Å².